The Morgan fingerprint density at radius 1 is 1.09 bits per heavy atom. The molecule has 5 heteroatoms. The predicted octanol–water partition coefficient (Wildman–Crippen LogP) is 2.99. The van der Waals surface area contributed by atoms with Gasteiger partial charge >= 0.3 is 0 Å². The van der Waals surface area contributed by atoms with Crippen LogP contribution in [0.15, 0.2) is 47.4 Å². The van der Waals surface area contributed by atoms with Crippen LogP contribution in [0.1, 0.15) is 26.2 Å². The Kier molecular flexibility index (Phi) is 4.99. The quantitative estimate of drug-likeness (QED) is 0.916. The third kappa shape index (κ3) is 3.91. The van der Waals surface area contributed by atoms with E-state index in [1.54, 1.807) is 12.1 Å². The molecule has 0 aromatic heterocycles. The number of fused-ring (bicyclic) bond motifs is 1. The van der Waals surface area contributed by atoms with Crippen LogP contribution in [0.5, 0.6) is 0 Å². The summed E-state index contributed by atoms with van der Waals surface area (Å²) in [5.74, 6) is 0. The molecule has 2 aromatic carbocycles. The minimum Gasteiger partial charge on any atom is -0.303 e. The van der Waals surface area contributed by atoms with Crippen molar-refractivity contribution in [2.45, 2.75) is 37.1 Å². The lowest BCUT2D eigenvalue weighted by molar-refractivity contribution is 0.208. The molecule has 0 aliphatic carbocycles. The maximum atomic E-state index is 12.6. The number of benzene rings is 2. The fraction of sp³-hybridized carbons (Fsp3) is 0.444. The third-order valence-electron chi connectivity index (χ3n) is 4.48. The molecule has 0 spiro atoms. The average Bonchev–Trinajstić information content (AvgIpc) is 2.56. The lowest BCUT2D eigenvalue weighted by atomic mass is 10.1. The molecule has 1 N–H and O–H groups in total. The zero-order chi connectivity index (χ0) is 16.3. The second-order valence-corrected chi connectivity index (χ2v) is 7.96. The highest BCUT2D eigenvalue weighted by Crippen LogP contribution is 2.20. The number of nitrogens with one attached hydrogen (secondary N) is 1. The Morgan fingerprint density at radius 3 is 2.48 bits per heavy atom. The summed E-state index contributed by atoms with van der Waals surface area (Å²) in [7, 11) is -3.45. The second kappa shape index (κ2) is 6.99. The van der Waals surface area contributed by atoms with Gasteiger partial charge in [-0.1, -0.05) is 37.3 Å². The molecule has 4 nitrogen and oxygen atoms in total. The van der Waals surface area contributed by atoms with Gasteiger partial charge in [-0.15, -0.1) is 0 Å². The number of hydrogen-bond acceptors (Lipinski definition) is 3. The molecule has 0 atom stereocenters. The van der Waals surface area contributed by atoms with Gasteiger partial charge in [0.05, 0.1) is 4.90 Å². The molecule has 1 fully saturated rings. The van der Waals surface area contributed by atoms with Crippen LogP contribution >= 0.6 is 0 Å². The van der Waals surface area contributed by atoms with Crippen LogP contribution in [0.25, 0.3) is 10.8 Å². The number of nitrogens with zero attached hydrogens (tertiary/aromatic N) is 1. The molecule has 0 saturated carbocycles. The van der Waals surface area contributed by atoms with Crippen molar-refractivity contribution in [3.63, 3.8) is 0 Å². The van der Waals surface area contributed by atoms with E-state index >= 15 is 0 Å². The fourth-order valence-electron chi connectivity index (χ4n) is 3.21. The first-order chi connectivity index (χ1) is 11.1. The van der Waals surface area contributed by atoms with E-state index in [0.29, 0.717) is 4.90 Å². The van der Waals surface area contributed by atoms with Crippen molar-refractivity contribution in [3.8, 4) is 0 Å². The minimum absolute atomic E-state index is 0.0413. The summed E-state index contributed by atoms with van der Waals surface area (Å²) in [6.07, 6.45) is 2.91. The molecule has 1 heterocycles. The Balaban J connectivity index is 1.71. The maximum absolute atomic E-state index is 12.6. The molecule has 0 bridgehead atoms. The first-order valence-corrected chi connectivity index (χ1v) is 9.80. The van der Waals surface area contributed by atoms with Gasteiger partial charge in [-0.3, -0.25) is 0 Å². The number of hydrogen-bond donors (Lipinski definition) is 1. The molecular weight excluding hydrogens is 308 g/mol. The topological polar surface area (TPSA) is 49.4 Å². The predicted molar refractivity (Wildman–Crippen MR) is 94.0 cm³/mol. The SMILES string of the molecule is CCCN1CCC(NS(=O)(=O)c2ccc3ccccc3c2)CC1. The summed E-state index contributed by atoms with van der Waals surface area (Å²) in [5, 5.41) is 2.01. The lowest BCUT2D eigenvalue weighted by Crippen LogP contribution is -2.44. The summed E-state index contributed by atoms with van der Waals surface area (Å²) in [4.78, 5) is 2.76. The number of piperidine rings is 1. The zero-order valence-electron chi connectivity index (χ0n) is 13.5. The third-order valence-corrected chi connectivity index (χ3v) is 6.00. The molecule has 23 heavy (non-hydrogen) atoms. The molecular formula is C18H24N2O2S. The van der Waals surface area contributed by atoms with E-state index in [1.807, 2.05) is 30.3 Å². The molecule has 3 rings (SSSR count). The van der Waals surface area contributed by atoms with Crippen molar-refractivity contribution >= 4 is 20.8 Å². The minimum atomic E-state index is -3.45. The monoisotopic (exact) mass is 332 g/mol. The zero-order valence-corrected chi connectivity index (χ0v) is 14.3. The summed E-state index contributed by atoms with van der Waals surface area (Å²) in [5.41, 5.74) is 0. The fourth-order valence-corrected chi connectivity index (χ4v) is 4.55. The summed E-state index contributed by atoms with van der Waals surface area (Å²) < 4.78 is 28.1. The number of likely N-dealkylation sites (tertiary alicyclic amines) is 1. The van der Waals surface area contributed by atoms with Crippen LogP contribution < -0.4 is 4.72 Å². The second-order valence-electron chi connectivity index (χ2n) is 6.25. The van der Waals surface area contributed by atoms with Gasteiger partial charge in [0.15, 0.2) is 0 Å². The van der Waals surface area contributed by atoms with E-state index in [0.717, 1.165) is 49.7 Å². The Morgan fingerprint density at radius 2 is 1.78 bits per heavy atom. The van der Waals surface area contributed by atoms with Crippen LogP contribution in [0.2, 0.25) is 0 Å². The lowest BCUT2D eigenvalue weighted by Gasteiger charge is -2.31. The highest BCUT2D eigenvalue weighted by Gasteiger charge is 2.24. The standard InChI is InChI=1S/C18H24N2O2S/c1-2-11-20-12-9-17(10-13-20)19-23(21,22)18-8-7-15-5-3-4-6-16(15)14-18/h3-8,14,17,19H,2,9-13H2,1H3. The van der Waals surface area contributed by atoms with Gasteiger partial charge in [-0.25, -0.2) is 13.1 Å². The largest absolute Gasteiger partial charge is 0.303 e. The van der Waals surface area contributed by atoms with Gasteiger partial charge < -0.3 is 4.90 Å². The highest BCUT2D eigenvalue weighted by atomic mass is 32.2. The molecule has 1 aliphatic rings. The van der Waals surface area contributed by atoms with E-state index in [1.165, 1.54) is 0 Å². The first kappa shape index (κ1) is 16.4. The molecule has 1 saturated heterocycles. The van der Waals surface area contributed by atoms with E-state index in [4.69, 9.17) is 0 Å². The maximum Gasteiger partial charge on any atom is 0.240 e. The van der Waals surface area contributed by atoms with Gasteiger partial charge in [0.1, 0.15) is 0 Å². The van der Waals surface area contributed by atoms with E-state index in [9.17, 15) is 8.42 Å². The molecule has 0 radical (unpaired) electrons. The van der Waals surface area contributed by atoms with Crippen molar-refractivity contribution in [1.29, 1.82) is 0 Å². The van der Waals surface area contributed by atoms with E-state index in [2.05, 4.69) is 16.5 Å². The van der Waals surface area contributed by atoms with Gasteiger partial charge in [0.2, 0.25) is 10.0 Å². The number of sulfonamides is 1. The molecule has 0 amide bonds. The van der Waals surface area contributed by atoms with Crippen LogP contribution in [0, 0.1) is 0 Å². The van der Waals surface area contributed by atoms with Crippen LogP contribution in [0.3, 0.4) is 0 Å². The smallest absolute Gasteiger partial charge is 0.240 e. The van der Waals surface area contributed by atoms with Crippen molar-refractivity contribution in [2.75, 3.05) is 19.6 Å². The highest BCUT2D eigenvalue weighted by molar-refractivity contribution is 7.89. The van der Waals surface area contributed by atoms with Crippen LogP contribution in [-0.2, 0) is 10.0 Å². The molecule has 2 aromatic rings. The average molecular weight is 332 g/mol. The number of rotatable bonds is 5. The van der Waals surface area contributed by atoms with Crippen LogP contribution in [0.4, 0.5) is 0 Å². The van der Waals surface area contributed by atoms with E-state index in [-0.39, 0.29) is 6.04 Å². The molecule has 0 unspecified atom stereocenters. The summed E-state index contributed by atoms with van der Waals surface area (Å²) in [6, 6.07) is 13.2. The first-order valence-electron chi connectivity index (χ1n) is 8.32. The molecule has 1 aliphatic heterocycles. The van der Waals surface area contributed by atoms with Crippen LogP contribution in [-0.4, -0.2) is 39.0 Å². The van der Waals surface area contributed by atoms with Gasteiger partial charge in [-0.2, -0.15) is 0 Å². The van der Waals surface area contributed by atoms with E-state index < -0.39 is 10.0 Å². The summed E-state index contributed by atoms with van der Waals surface area (Å²) in [6.45, 7) is 5.22. The van der Waals surface area contributed by atoms with Gasteiger partial charge in [0.25, 0.3) is 0 Å². The van der Waals surface area contributed by atoms with Gasteiger partial charge in [-0.05, 0) is 61.8 Å². The molecule has 124 valence electrons. The normalized spacial score (nSPS) is 17.6. The van der Waals surface area contributed by atoms with Crippen molar-refractivity contribution in [1.82, 2.24) is 9.62 Å². The summed E-state index contributed by atoms with van der Waals surface area (Å²) >= 11 is 0. The Labute approximate surface area is 138 Å². The Hall–Kier alpha value is -1.43. The Bertz CT molecular complexity index is 765. The van der Waals surface area contributed by atoms with Gasteiger partial charge in [0, 0.05) is 6.04 Å². The van der Waals surface area contributed by atoms with Crippen molar-refractivity contribution in [3.05, 3.63) is 42.5 Å². The van der Waals surface area contributed by atoms with Crippen molar-refractivity contribution in [2.24, 2.45) is 0 Å². The van der Waals surface area contributed by atoms with Crippen molar-refractivity contribution < 1.29 is 8.42 Å².